The predicted molar refractivity (Wildman–Crippen MR) is 86.2 cm³/mol. The van der Waals surface area contributed by atoms with Crippen molar-refractivity contribution in [2.45, 2.75) is 13.3 Å². The van der Waals surface area contributed by atoms with Gasteiger partial charge >= 0.3 is 0 Å². The zero-order valence-corrected chi connectivity index (χ0v) is 12.7. The van der Waals surface area contributed by atoms with Crippen LogP contribution in [0, 0.1) is 6.92 Å². The van der Waals surface area contributed by atoms with Crippen molar-refractivity contribution in [3.8, 4) is 5.69 Å². The highest BCUT2D eigenvalue weighted by Crippen LogP contribution is 2.12. The van der Waals surface area contributed by atoms with Crippen LogP contribution in [0.3, 0.4) is 0 Å². The number of nitrogens with one attached hydrogen (secondary N) is 2. The molecule has 0 unspecified atom stereocenters. The summed E-state index contributed by atoms with van der Waals surface area (Å²) in [6.07, 6.45) is 4.92. The van der Waals surface area contributed by atoms with Gasteiger partial charge in [-0.2, -0.15) is 5.10 Å². The maximum Gasteiger partial charge on any atom is 0.255 e. The highest BCUT2D eigenvalue weighted by Gasteiger charge is 2.14. The van der Waals surface area contributed by atoms with Crippen LogP contribution in [0.25, 0.3) is 5.69 Å². The average Bonchev–Trinajstić information content (AvgIpc) is 2.96. The Balaban J connectivity index is 1.70. The Bertz CT molecular complexity index is 688. The maximum atomic E-state index is 12.3. The van der Waals surface area contributed by atoms with E-state index in [1.54, 1.807) is 10.9 Å². The molecule has 1 amide bonds. The first-order valence-corrected chi connectivity index (χ1v) is 7.52. The van der Waals surface area contributed by atoms with Gasteiger partial charge in [-0.05, 0) is 32.0 Å². The molecule has 22 heavy (non-hydrogen) atoms. The molecule has 3 rings (SSSR count). The average molecular weight is 296 g/mol. The molecule has 2 heterocycles. The molecule has 5 nitrogen and oxygen atoms in total. The summed E-state index contributed by atoms with van der Waals surface area (Å²) in [4.78, 5) is 12.3. The Morgan fingerprint density at radius 2 is 2.18 bits per heavy atom. The second kappa shape index (κ2) is 6.58. The fourth-order valence-corrected chi connectivity index (χ4v) is 2.52. The third-order valence-corrected chi connectivity index (χ3v) is 3.80. The summed E-state index contributed by atoms with van der Waals surface area (Å²) in [6, 6.07) is 9.80. The molecular weight excluding hydrogens is 276 g/mol. The SMILES string of the molecule is Cc1nn(-c2ccccc2)cc1C(=O)NCC1=CCNCC1. The summed E-state index contributed by atoms with van der Waals surface area (Å²) in [5.41, 5.74) is 3.59. The number of amides is 1. The van der Waals surface area contributed by atoms with Crippen LogP contribution in [0.1, 0.15) is 22.5 Å². The number of benzene rings is 1. The van der Waals surface area contributed by atoms with Crippen LogP contribution in [0.15, 0.2) is 48.2 Å². The lowest BCUT2D eigenvalue weighted by Gasteiger charge is -2.14. The molecule has 1 aliphatic heterocycles. The summed E-state index contributed by atoms with van der Waals surface area (Å²) >= 11 is 0. The second-order valence-corrected chi connectivity index (χ2v) is 5.41. The number of aryl methyl sites for hydroxylation is 1. The number of carbonyl (C=O) groups is 1. The fraction of sp³-hybridized carbons (Fsp3) is 0.294. The topological polar surface area (TPSA) is 59.0 Å². The van der Waals surface area contributed by atoms with Gasteiger partial charge in [-0.25, -0.2) is 4.68 Å². The van der Waals surface area contributed by atoms with E-state index in [0.717, 1.165) is 30.9 Å². The summed E-state index contributed by atoms with van der Waals surface area (Å²) in [7, 11) is 0. The van der Waals surface area contributed by atoms with E-state index in [1.807, 2.05) is 37.3 Å². The van der Waals surface area contributed by atoms with Gasteiger partial charge in [0.2, 0.25) is 0 Å². The lowest BCUT2D eigenvalue weighted by atomic mass is 10.1. The molecule has 114 valence electrons. The summed E-state index contributed by atoms with van der Waals surface area (Å²) < 4.78 is 1.74. The highest BCUT2D eigenvalue weighted by molar-refractivity contribution is 5.95. The normalized spacial score (nSPS) is 14.5. The Labute approximate surface area is 130 Å². The number of aromatic nitrogens is 2. The minimum Gasteiger partial charge on any atom is -0.348 e. The third kappa shape index (κ3) is 3.26. The molecule has 0 aliphatic carbocycles. The number of hydrogen-bond donors (Lipinski definition) is 2. The van der Waals surface area contributed by atoms with Crippen molar-refractivity contribution in [2.75, 3.05) is 19.6 Å². The number of hydrogen-bond acceptors (Lipinski definition) is 3. The summed E-state index contributed by atoms with van der Waals surface area (Å²) in [5, 5.41) is 10.7. The van der Waals surface area contributed by atoms with Gasteiger partial charge in [0.05, 0.1) is 16.9 Å². The molecule has 0 fully saturated rings. The summed E-state index contributed by atoms with van der Waals surface area (Å²) in [6.45, 7) is 4.33. The van der Waals surface area contributed by atoms with Gasteiger partial charge in [0.1, 0.15) is 0 Å². The fourth-order valence-electron chi connectivity index (χ4n) is 2.52. The Hall–Kier alpha value is -2.40. The molecule has 0 spiro atoms. The van der Waals surface area contributed by atoms with Crippen molar-refractivity contribution in [2.24, 2.45) is 0 Å². The van der Waals surface area contributed by atoms with Crippen LogP contribution in [0.5, 0.6) is 0 Å². The van der Waals surface area contributed by atoms with E-state index in [2.05, 4.69) is 21.8 Å². The van der Waals surface area contributed by atoms with E-state index in [4.69, 9.17) is 0 Å². The van der Waals surface area contributed by atoms with E-state index in [1.165, 1.54) is 5.57 Å². The van der Waals surface area contributed by atoms with E-state index in [-0.39, 0.29) is 5.91 Å². The van der Waals surface area contributed by atoms with Crippen molar-refractivity contribution in [1.29, 1.82) is 0 Å². The minimum atomic E-state index is -0.0703. The molecular formula is C17H20N4O. The molecule has 0 bridgehead atoms. The van der Waals surface area contributed by atoms with E-state index >= 15 is 0 Å². The molecule has 0 saturated heterocycles. The predicted octanol–water partition coefficient (Wildman–Crippen LogP) is 1.83. The highest BCUT2D eigenvalue weighted by atomic mass is 16.1. The molecule has 1 aliphatic rings. The van der Waals surface area contributed by atoms with Crippen molar-refractivity contribution in [3.05, 3.63) is 59.4 Å². The molecule has 1 aromatic heterocycles. The van der Waals surface area contributed by atoms with Crippen LogP contribution in [-0.4, -0.2) is 35.3 Å². The van der Waals surface area contributed by atoms with Crippen LogP contribution in [0.2, 0.25) is 0 Å². The van der Waals surface area contributed by atoms with Gasteiger partial charge in [0.25, 0.3) is 5.91 Å². The van der Waals surface area contributed by atoms with Crippen LogP contribution < -0.4 is 10.6 Å². The number of rotatable bonds is 4. The van der Waals surface area contributed by atoms with Crippen molar-refractivity contribution in [1.82, 2.24) is 20.4 Å². The lowest BCUT2D eigenvalue weighted by molar-refractivity contribution is 0.0956. The molecule has 0 atom stereocenters. The van der Waals surface area contributed by atoms with Gasteiger partial charge < -0.3 is 10.6 Å². The van der Waals surface area contributed by atoms with Crippen LogP contribution in [0.4, 0.5) is 0 Å². The van der Waals surface area contributed by atoms with E-state index in [0.29, 0.717) is 12.1 Å². The molecule has 2 N–H and O–H groups in total. The Morgan fingerprint density at radius 1 is 1.36 bits per heavy atom. The number of nitrogens with zero attached hydrogens (tertiary/aromatic N) is 2. The zero-order valence-electron chi connectivity index (χ0n) is 12.7. The number of carbonyl (C=O) groups excluding carboxylic acids is 1. The van der Waals surface area contributed by atoms with E-state index < -0.39 is 0 Å². The van der Waals surface area contributed by atoms with Crippen molar-refractivity contribution >= 4 is 5.91 Å². The van der Waals surface area contributed by atoms with Crippen molar-refractivity contribution < 1.29 is 4.79 Å². The third-order valence-electron chi connectivity index (χ3n) is 3.80. The van der Waals surface area contributed by atoms with Gasteiger partial charge in [-0.3, -0.25) is 4.79 Å². The first-order valence-electron chi connectivity index (χ1n) is 7.52. The second-order valence-electron chi connectivity index (χ2n) is 5.41. The first kappa shape index (κ1) is 14.5. The molecule has 0 saturated carbocycles. The molecule has 0 radical (unpaired) electrons. The molecule has 5 heteroatoms. The van der Waals surface area contributed by atoms with Crippen LogP contribution in [-0.2, 0) is 0 Å². The quantitative estimate of drug-likeness (QED) is 0.846. The minimum absolute atomic E-state index is 0.0703. The molecule has 2 aromatic rings. The zero-order chi connectivity index (χ0) is 15.4. The lowest BCUT2D eigenvalue weighted by Crippen LogP contribution is -2.29. The monoisotopic (exact) mass is 296 g/mol. The Morgan fingerprint density at radius 3 is 2.91 bits per heavy atom. The smallest absolute Gasteiger partial charge is 0.255 e. The standard InChI is InChI=1S/C17H20N4O/c1-13-16(12-21(20-13)15-5-3-2-4-6-15)17(22)19-11-14-7-9-18-10-8-14/h2-7,12,18H,8-11H2,1H3,(H,19,22). The molecule has 1 aromatic carbocycles. The summed E-state index contributed by atoms with van der Waals surface area (Å²) in [5.74, 6) is -0.0703. The Kier molecular flexibility index (Phi) is 4.34. The van der Waals surface area contributed by atoms with Gasteiger partial charge in [0, 0.05) is 19.3 Å². The van der Waals surface area contributed by atoms with Crippen LogP contribution >= 0.6 is 0 Å². The van der Waals surface area contributed by atoms with E-state index in [9.17, 15) is 4.79 Å². The largest absolute Gasteiger partial charge is 0.348 e. The number of para-hydroxylation sites is 1. The van der Waals surface area contributed by atoms with Crippen molar-refractivity contribution in [3.63, 3.8) is 0 Å². The van der Waals surface area contributed by atoms with Gasteiger partial charge in [0.15, 0.2) is 0 Å². The maximum absolute atomic E-state index is 12.3. The van der Waals surface area contributed by atoms with Gasteiger partial charge in [-0.1, -0.05) is 29.8 Å². The first-order chi connectivity index (χ1) is 10.7. The van der Waals surface area contributed by atoms with Gasteiger partial charge in [-0.15, -0.1) is 0 Å².